The number of hydrogen-bond donors (Lipinski definition) is 1. The van der Waals surface area contributed by atoms with Gasteiger partial charge in [0.25, 0.3) is 10.0 Å². The molecule has 0 aromatic heterocycles. The normalized spacial score (nSPS) is 12.0. The fourth-order valence-corrected chi connectivity index (χ4v) is 5.86. The molecule has 3 aromatic rings. The zero-order valence-electron chi connectivity index (χ0n) is 21.6. The average Bonchev–Trinajstić information content (AvgIpc) is 2.92. The van der Waals surface area contributed by atoms with E-state index in [9.17, 15) is 22.4 Å². The van der Waals surface area contributed by atoms with Crippen molar-refractivity contribution in [3.8, 4) is 0 Å². The Hall–Kier alpha value is -3.14. The molecule has 0 saturated carbocycles. The van der Waals surface area contributed by atoms with Crippen molar-refractivity contribution < 1.29 is 22.4 Å². The molecule has 0 bridgehead atoms. The van der Waals surface area contributed by atoms with Gasteiger partial charge in [-0.05, 0) is 66.9 Å². The van der Waals surface area contributed by atoms with Gasteiger partial charge >= 0.3 is 0 Å². The van der Waals surface area contributed by atoms with Gasteiger partial charge in [-0.15, -0.1) is 0 Å². The highest BCUT2D eigenvalue weighted by atomic mass is 35.5. The maximum Gasteiger partial charge on any atom is 0.264 e. The number of nitrogens with one attached hydrogen (secondary N) is 1. The smallest absolute Gasteiger partial charge is 0.264 e. The molecule has 1 atom stereocenters. The lowest BCUT2D eigenvalue weighted by molar-refractivity contribution is -0.140. The van der Waals surface area contributed by atoms with Crippen LogP contribution in [-0.2, 0) is 26.2 Å². The number of hydrogen-bond acceptors (Lipinski definition) is 4. The summed E-state index contributed by atoms with van der Waals surface area (Å²) < 4.78 is 41.9. The van der Waals surface area contributed by atoms with Gasteiger partial charge in [-0.1, -0.05) is 61.3 Å². The molecular weight excluding hydrogens is 564 g/mol. The van der Waals surface area contributed by atoms with Crippen LogP contribution in [0.15, 0.2) is 77.7 Å². The van der Waals surface area contributed by atoms with Crippen molar-refractivity contribution in [1.82, 2.24) is 10.2 Å². The van der Waals surface area contributed by atoms with Crippen LogP contribution >= 0.6 is 23.2 Å². The number of rotatable bonds is 12. The Morgan fingerprint density at radius 1 is 0.974 bits per heavy atom. The van der Waals surface area contributed by atoms with Gasteiger partial charge in [0, 0.05) is 23.1 Å². The third-order valence-corrected chi connectivity index (χ3v) is 8.39. The van der Waals surface area contributed by atoms with Crippen LogP contribution in [0.5, 0.6) is 0 Å². The molecule has 0 aliphatic heterocycles. The molecule has 11 heteroatoms. The first-order chi connectivity index (χ1) is 18.6. The quantitative estimate of drug-likeness (QED) is 0.293. The zero-order chi connectivity index (χ0) is 28.6. The first-order valence-electron chi connectivity index (χ1n) is 12.4. The number of carbonyl (C=O) groups excluding carboxylic acids is 2. The summed E-state index contributed by atoms with van der Waals surface area (Å²) in [5.41, 5.74) is 0.784. The van der Waals surface area contributed by atoms with E-state index in [1.165, 1.54) is 11.0 Å². The highest BCUT2D eigenvalue weighted by Crippen LogP contribution is 2.27. The molecule has 39 heavy (non-hydrogen) atoms. The molecule has 0 fully saturated rings. The molecule has 0 unspecified atom stereocenters. The predicted molar refractivity (Wildman–Crippen MR) is 152 cm³/mol. The summed E-state index contributed by atoms with van der Waals surface area (Å²) >= 11 is 12.4. The van der Waals surface area contributed by atoms with Gasteiger partial charge in [-0.2, -0.15) is 0 Å². The summed E-state index contributed by atoms with van der Waals surface area (Å²) in [5, 5.41) is 3.54. The summed E-state index contributed by atoms with van der Waals surface area (Å²) in [6, 6.07) is 16.4. The highest BCUT2D eigenvalue weighted by Gasteiger charge is 2.33. The van der Waals surface area contributed by atoms with Gasteiger partial charge in [0.2, 0.25) is 11.8 Å². The maximum atomic E-state index is 13.9. The molecule has 3 aromatic carbocycles. The number of benzene rings is 3. The van der Waals surface area contributed by atoms with Crippen LogP contribution in [0.1, 0.15) is 32.3 Å². The van der Waals surface area contributed by atoms with Crippen LogP contribution in [0.25, 0.3) is 0 Å². The molecule has 0 aliphatic rings. The van der Waals surface area contributed by atoms with E-state index in [1.54, 1.807) is 49.4 Å². The van der Waals surface area contributed by atoms with Crippen molar-refractivity contribution >= 4 is 50.7 Å². The minimum absolute atomic E-state index is 0.0495. The minimum Gasteiger partial charge on any atom is -0.354 e. The Bertz CT molecular complexity index is 1390. The predicted octanol–water partition coefficient (Wildman–Crippen LogP) is 5.66. The van der Waals surface area contributed by atoms with Crippen LogP contribution in [0.3, 0.4) is 0 Å². The second-order valence-electron chi connectivity index (χ2n) is 8.77. The van der Waals surface area contributed by atoms with Crippen molar-refractivity contribution in [3.05, 3.63) is 94.2 Å². The SMILES string of the molecule is CCCNC(=O)[C@H](CC)N(Cc1ccc(Cl)cc1Cl)C(=O)CN(c1ccccc1)S(=O)(=O)c1ccc(F)cc1. The number of carbonyl (C=O) groups is 2. The van der Waals surface area contributed by atoms with Crippen LogP contribution < -0.4 is 9.62 Å². The van der Waals surface area contributed by atoms with E-state index < -0.39 is 34.3 Å². The molecular formula is C28H30Cl2FN3O4S. The second-order valence-corrected chi connectivity index (χ2v) is 11.5. The molecule has 0 heterocycles. The van der Waals surface area contributed by atoms with Gasteiger partial charge in [-0.3, -0.25) is 13.9 Å². The number of halogens is 3. The highest BCUT2D eigenvalue weighted by molar-refractivity contribution is 7.92. The van der Waals surface area contributed by atoms with Crippen LogP contribution in [0, 0.1) is 5.82 Å². The van der Waals surface area contributed by atoms with Crippen molar-refractivity contribution in [2.75, 3.05) is 17.4 Å². The molecule has 208 valence electrons. The maximum absolute atomic E-state index is 13.9. The molecule has 0 spiro atoms. The molecule has 0 aliphatic carbocycles. The Balaban J connectivity index is 2.04. The Labute approximate surface area is 238 Å². The third-order valence-electron chi connectivity index (χ3n) is 6.02. The van der Waals surface area contributed by atoms with Crippen molar-refractivity contribution in [3.63, 3.8) is 0 Å². The first-order valence-corrected chi connectivity index (χ1v) is 14.6. The Morgan fingerprint density at radius 2 is 1.64 bits per heavy atom. The van der Waals surface area contributed by atoms with Crippen LogP contribution in [0.2, 0.25) is 10.0 Å². The van der Waals surface area contributed by atoms with E-state index in [0.717, 1.165) is 28.6 Å². The topological polar surface area (TPSA) is 86.8 Å². The molecule has 0 radical (unpaired) electrons. The molecule has 2 amide bonds. The number of amides is 2. The monoisotopic (exact) mass is 593 g/mol. The number of para-hydroxylation sites is 1. The summed E-state index contributed by atoms with van der Waals surface area (Å²) in [6.45, 7) is 3.45. The molecule has 3 rings (SSSR count). The Morgan fingerprint density at radius 3 is 2.23 bits per heavy atom. The fraction of sp³-hybridized carbons (Fsp3) is 0.286. The number of nitrogens with zero attached hydrogens (tertiary/aromatic N) is 2. The average molecular weight is 595 g/mol. The largest absolute Gasteiger partial charge is 0.354 e. The van der Waals surface area contributed by atoms with E-state index in [2.05, 4.69) is 5.32 Å². The van der Waals surface area contributed by atoms with E-state index in [1.807, 2.05) is 6.92 Å². The van der Waals surface area contributed by atoms with Gasteiger partial charge in [0.1, 0.15) is 18.4 Å². The van der Waals surface area contributed by atoms with Crippen LogP contribution in [0.4, 0.5) is 10.1 Å². The lowest BCUT2D eigenvalue weighted by Crippen LogP contribution is -2.52. The molecule has 1 N–H and O–H groups in total. The second kappa shape index (κ2) is 13.8. The van der Waals surface area contributed by atoms with Crippen molar-refractivity contribution in [2.45, 2.75) is 44.2 Å². The summed E-state index contributed by atoms with van der Waals surface area (Å²) in [4.78, 5) is 28.2. The summed E-state index contributed by atoms with van der Waals surface area (Å²) in [7, 11) is -4.28. The first kappa shape index (κ1) is 30.4. The van der Waals surface area contributed by atoms with E-state index in [0.29, 0.717) is 28.6 Å². The summed E-state index contributed by atoms with van der Waals surface area (Å²) in [6.07, 6.45) is 0.985. The third kappa shape index (κ3) is 7.71. The zero-order valence-corrected chi connectivity index (χ0v) is 23.9. The molecule has 0 saturated heterocycles. The van der Waals surface area contributed by atoms with Gasteiger partial charge in [0.05, 0.1) is 10.6 Å². The van der Waals surface area contributed by atoms with Crippen molar-refractivity contribution in [1.29, 1.82) is 0 Å². The van der Waals surface area contributed by atoms with Crippen LogP contribution in [-0.4, -0.2) is 44.3 Å². The van der Waals surface area contributed by atoms with Crippen molar-refractivity contribution in [2.24, 2.45) is 0 Å². The van der Waals surface area contributed by atoms with E-state index >= 15 is 0 Å². The molecule has 7 nitrogen and oxygen atoms in total. The minimum atomic E-state index is -4.28. The number of sulfonamides is 1. The van der Waals surface area contributed by atoms with E-state index in [-0.39, 0.29) is 29.5 Å². The standard InChI is InChI=1S/C28H30Cl2FN3O4S/c1-3-16-32-28(36)26(4-2)33(18-20-10-11-21(29)17-25(20)30)27(35)19-34(23-8-6-5-7-9-23)39(37,38)24-14-12-22(31)13-15-24/h5-15,17,26H,3-4,16,18-19H2,1-2H3,(H,32,36)/t26-/m0/s1. The lowest BCUT2D eigenvalue weighted by atomic mass is 10.1. The fourth-order valence-electron chi connectivity index (χ4n) is 3.98. The lowest BCUT2D eigenvalue weighted by Gasteiger charge is -2.33. The number of anilines is 1. The van der Waals surface area contributed by atoms with Gasteiger partial charge in [0.15, 0.2) is 0 Å². The van der Waals surface area contributed by atoms with E-state index in [4.69, 9.17) is 23.2 Å². The van der Waals surface area contributed by atoms with Gasteiger partial charge in [-0.25, -0.2) is 12.8 Å². The van der Waals surface area contributed by atoms with Gasteiger partial charge < -0.3 is 10.2 Å². The summed E-state index contributed by atoms with van der Waals surface area (Å²) in [5.74, 6) is -1.56. The Kier molecular flexibility index (Phi) is 10.7.